The minimum Gasteiger partial charge on any atom is -0.325 e. The van der Waals surface area contributed by atoms with Crippen molar-refractivity contribution < 1.29 is 14.4 Å². The Morgan fingerprint density at radius 3 is 2.70 bits per heavy atom. The molecule has 6 atom stereocenters. The van der Waals surface area contributed by atoms with E-state index in [0.717, 1.165) is 42.3 Å². The fraction of sp³-hybridized carbons (Fsp3) is 0.636. The Kier molecular flexibility index (Phi) is 4.69. The van der Waals surface area contributed by atoms with Crippen LogP contribution in [0.2, 0.25) is 0 Å². The molecule has 3 fully saturated rings. The zero-order valence-electron chi connectivity index (χ0n) is 16.1. The summed E-state index contributed by atoms with van der Waals surface area (Å²) in [5.74, 6) is 3.53. The van der Waals surface area contributed by atoms with Gasteiger partial charge in [0.25, 0.3) is 0 Å². The number of carbonyl (C=O) groups excluding carboxylic acids is 3. The molecule has 1 aromatic carbocycles. The molecular weight excluding hydrogens is 340 g/mol. The summed E-state index contributed by atoms with van der Waals surface area (Å²) in [7, 11) is 0. The predicted molar refractivity (Wildman–Crippen MR) is 101 cm³/mol. The summed E-state index contributed by atoms with van der Waals surface area (Å²) in [6, 6.07) is 8.79. The number of nitrogens with zero attached hydrogens (tertiary/aromatic N) is 1. The van der Waals surface area contributed by atoms with Crippen molar-refractivity contribution in [3.63, 3.8) is 0 Å². The molecule has 1 aliphatic carbocycles. The molecule has 0 bridgehead atoms. The zero-order valence-corrected chi connectivity index (χ0v) is 16.1. The van der Waals surface area contributed by atoms with Crippen LogP contribution in [0.1, 0.15) is 45.1 Å². The third kappa shape index (κ3) is 2.67. The molecule has 1 amide bonds. The number of nitrogens with one attached hydrogen (secondary N) is 1. The highest BCUT2D eigenvalue weighted by Crippen LogP contribution is 2.55. The Labute approximate surface area is 160 Å². The summed E-state index contributed by atoms with van der Waals surface area (Å²) < 4.78 is 0. The van der Waals surface area contributed by atoms with Crippen LogP contribution in [0.25, 0.3) is 0 Å². The smallest absolute Gasteiger partial charge is 0.325 e. The molecule has 4 aliphatic rings. The lowest BCUT2D eigenvalue weighted by Crippen LogP contribution is -2.55. The van der Waals surface area contributed by atoms with Gasteiger partial charge in [-0.2, -0.15) is 9.59 Å². The van der Waals surface area contributed by atoms with E-state index < -0.39 is 0 Å². The first-order chi connectivity index (χ1) is 13.0. The average molecular weight is 368 g/mol. The van der Waals surface area contributed by atoms with Gasteiger partial charge in [-0.25, -0.2) is 0 Å². The van der Waals surface area contributed by atoms with Crippen LogP contribution in [0.5, 0.6) is 0 Å². The van der Waals surface area contributed by atoms with Crippen molar-refractivity contribution >= 4 is 17.7 Å². The highest BCUT2D eigenvalue weighted by Gasteiger charge is 2.60. The highest BCUT2D eigenvalue weighted by molar-refractivity contribution is 6.07. The minimum absolute atomic E-state index is 0.250. The van der Waals surface area contributed by atoms with Gasteiger partial charge in [0.15, 0.2) is 0 Å². The first kappa shape index (κ1) is 18.4. The average Bonchev–Trinajstić information content (AvgIpc) is 3.17. The molecule has 1 N–H and O–H groups in total. The van der Waals surface area contributed by atoms with Crippen molar-refractivity contribution in [2.24, 2.45) is 23.7 Å². The first-order valence-corrected chi connectivity index (χ1v) is 10.2. The number of hydrogen-bond donors (Lipinski definition) is 1. The largest absolute Gasteiger partial charge is 0.373 e. The number of piperidine rings is 1. The van der Waals surface area contributed by atoms with Crippen molar-refractivity contribution in [2.75, 3.05) is 18.4 Å². The third-order valence-corrected chi connectivity index (χ3v) is 8.00. The molecule has 3 aliphatic heterocycles. The number of benzene rings is 1. The van der Waals surface area contributed by atoms with Crippen molar-refractivity contribution in [1.29, 1.82) is 0 Å². The van der Waals surface area contributed by atoms with Crippen molar-refractivity contribution in [3.8, 4) is 0 Å². The van der Waals surface area contributed by atoms with Crippen LogP contribution in [0, 0.1) is 23.7 Å². The van der Waals surface area contributed by atoms with E-state index in [4.69, 9.17) is 9.59 Å². The zero-order chi connectivity index (χ0) is 19.2. The van der Waals surface area contributed by atoms with E-state index in [1.165, 1.54) is 31.4 Å². The van der Waals surface area contributed by atoms with Gasteiger partial charge >= 0.3 is 6.15 Å². The van der Waals surface area contributed by atoms with Gasteiger partial charge in [-0.1, -0.05) is 38.5 Å². The van der Waals surface area contributed by atoms with Crippen LogP contribution in [0.3, 0.4) is 0 Å². The SMILES string of the molecule is C[C@@H]1[C@H]2C[C@@H]3N(CC[C@@]34C(=O)Nc3ccccc34)C[C@@H]2CC[C@@H]1C.O=C=O. The second-order valence-corrected chi connectivity index (χ2v) is 8.89. The number of carbonyl (C=O) groups is 1. The van der Waals surface area contributed by atoms with Crippen LogP contribution in [-0.4, -0.2) is 36.1 Å². The number of amides is 1. The summed E-state index contributed by atoms with van der Waals surface area (Å²) in [4.78, 5) is 32.0. The Balaban J connectivity index is 0.000000565. The van der Waals surface area contributed by atoms with Gasteiger partial charge in [0.1, 0.15) is 0 Å². The fourth-order valence-electron chi connectivity index (χ4n) is 6.44. The van der Waals surface area contributed by atoms with Crippen molar-refractivity contribution in [2.45, 2.75) is 51.0 Å². The van der Waals surface area contributed by atoms with E-state index in [1.54, 1.807) is 0 Å². The molecule has 5 heteroatoms. The summed E-state index contributed by atoms with van der Waals surface area (Å²) >= 11 is 0. The van der Waals surface area contributed by atoms with Gasteiger partial charge in [0.2, 0.25) is 5.91 Å². The Morgan fingerprint density at radius 1 is 1.19 bits per heavy atom. The Bertz CT molecular complexity index is 773. The lowest BCUT2D eigenvalue weighted by molar-refractivity contribution is -0.191. The van der Waals surface area contributed by atoms with Crippen LogP contribution < -0.4 is 5.32 Å². The second-order valence-electron chi connectivity index (χ2n) is 8.89. The van der Waals surface area contributed by atoms with Crippen LogP contribution >= 0.6 is 0 Å². The molecule has 5 rings (SSSR count). The maximum atomic E-state index is 13.1. The van der Waals surface area contributed by atoms with E-state index in [0.29, 0.717) is 6.04 Å². The van der Waals surface area contributed by atoms with Gasteiger partial charge in [-0.15, -0.1) is 0 Å². The van der Waals surface area contributed by atoms with E-state index >= 15 is 0 Å². The lowest BCUT2D eigenvalue weighted by atomic mass is 9.61. The lowest BCUT2D eigenvalue weighted by Gasteiger charge is -2.50. The monoisotopic (exact) mass is 368 g/mol. The Morgan fingerprint density at radius 2 is 1.93 bits per heavy atom. The maximum absolute atomic E-state index is 13.1. The number of para-hydroxylation sites is 1. The topological polar surface area (TPSA) is 66.5 Å². The molecule has 5 nitrogen and oxygen atoms in total. The summed E-state index contributed by atoms with van der Waals surface area (Å²) in [6.07, 6.45) is 5.21. The molecule has 1 spiro atoms. The van der Waals surface area contributed by atoms with Crippen molar-refractivity contribution in [3.05, 3.63) is 29.8 Å². The van der Waals surface area contributed by atoms with Crippen molar-refractivity contribution in [1.82, 2.24) is 4.90 Å². The Hall–Kier alpha value is -1.97. The van der Waals surface area contributed by atoms with Crippen LogP contribution in [-0.2, 0) is 19.8 Å². The number of rotatable bonds is 0. The van der Waals surface area contributed by atoms with E-state index in [-0.39, 0.29) is 17.5 Å². The van der Waals surface area contributed by atoms with Gasteiger partial charge in [-0.05, 0) is 61.1 Å². The number of fused-ring (bicyclic) bond motifs is 5. The quantitative estimate of drug-likeness (QED) is 0.764. The first-order valence-electron chi connectivity index (χ1n) is 10.2. The summed E-state index contributed by atoms with van der Waals surface area (Å²) in [5, 5.41) is 3.19. The third-order valence-electron chi connectivity index (χ3n) is 8.00. The molecule has 2 saturated heterocycles. The fourth-order valence-corrected chi connectivity index (χ4v) is 6.44. The maximum Gasteiger partial charge on any atom is 0.373 e. The molecule has 144 valence electrons. The van der Waals surface area contributed by atoms with Gasteiger partial charge < -0.3 is 5.32 Å². The molecule has 1 saturated carbocycles. The summed E-state index contributed by atoms with van der Waals surface area (Å²) in [5.41, 5.74) is 2.02. The van der Waals surface area contributed by atoms with Gasteiger partial charge in [0.05, 0.1) is 5.41 Å². The standard InChI is InChI=1S/C21H28N2O.CO2/c1-13-7-8-15-12-23-10-9-21(19(23)11-16(15)14(13)2)17-5-3-4-6-18(17)22-20(21)24;2-1-3/h3-6,13-16,19H,7-12H2,1-2H3,(H,22,24);/t13-,14-,15-,16+,19-,21-;/m0./s1. The summed E-state index contributed by atoms with van der Waals surface area (Å²) in [6.45, 7) is 7.18. The van der Waals surface area contributed by atoms with Gasteiger partial charge in [0, 0.05) is 18.3 Å². The molecule has 0 radical (unpaired) electrons. The normalized spacial score (nSPS) is 39.5. The molecular formula is C22H28N2O3. The molecule has 27 heavy (non-hydrogen) atoms. The van der Waals surface area contributed by atoms with Gasteiger partial charge in [-0.3, -0.25) is 9.69 Å². The van der Waals surface area contributed by atoms with Crippen LogP contribution in [0.15, 0.2) is 24.3 Å². The predicted octanol–water partition coefficient (Wildman–Crippen LogP) is 3.07. The second kappa shape index (κ2) is 6.88. The van der Waals surface area contributed by atoms with E-state index in [1.807, 2.05) is 6.07 Å². The molecule has 3 heterocycles. The van der Waals surface area contributed by atoms with Crippen LogP contribution in [0.4, 0.5) is 5.69 Å². The minimum atomic E-state index is -0.290. The number of hydrogen-bond acceptors (Lipinski definition) is 4. The van der Waals surface area contributed by atoms with E-state index in [2.05, 4.69) is 42.3 Å². The van der Waals surface area contributed by atoms with E-state index in [9.17, 15) is 4.79 Å². The highest BCUT2D eigenvalue weighted by atomic mass is 16.2. The molecule has 1 aromatic rings. The molecule has 0 unspecified atom stereocenters. The number of anilines is 1. The molecule has 0 aromatic heterocycles.